The second kappa shape index (κ2) is 6.53. The topological polar surface area (TPSA) is 68.5 Å². The molecule has 0 aliphatic carbocycles. The molecule has 1 aromatic carbocycles. The molecule has 0 amide bonds. The minimum Gasteiger partial charge on any atom is -0.270 e. The highest BCUT2D eigenvalue weighted by Gasteiger charge is 2.18. The molecule has 0 bridgehead atoms. The third-order valence-electron chi connectivity index (χ3n) is 3.36. The summed E-state index contributed by atoms with van der Waals surface area (Å²) in [6.45, 7) is -0.192. The van der Waals surface area contributed by atoms with E-state index in [1.807, 2.05) is 6.92 Å². The Labute approximate surface area is 134 Å². The predicted octanol–water partition coefficient (Wildman–Crippen LogP) is 3.02. The number of rotatable bonds is 6. The van der Waals surface area contributed by atoms with Crippen LogP contribution in [-0.2, 0) is 12.3 Å². The number of para-hydroxylation sites is 2. The van der Waals surface area contributed by atoms with E-state index in [-0.39, 0.29) is 17.3 Å². The van der Waals surface area contributed by atoms with Gasteiger partial charge in [0.15, 0.2) is 5.16 Å². The second-order valence-corrected chi connectivity index (χ2v) is 5.86. The van der Waals surface area contributed by atoms with E-state index < -0.39 is 6.55 Å². The van der Waals surface area contributed by atoms with Crippen LogP contribution in [0, 0.1) is 0 Å². The third-order valence-corrected chi connectivity index (χ3v) is 4.34. The number of aromatic amines is 1. The van der Waals surface area contributed by atoms with Crippen molar-refractivity contribution in [3.63, 3.8) is 0 Å². The summed E-state index contributed by atoms with van der Waals surface area (Å²) in [5.74, 6) is 0.456. The number of halogens is 2. The lowest BCUT2D eigenvalue weighted by Gasteiger charge is -2.07. The summed E-state index contributed by atoms with van der Waals surface area (Å²) in [7, 11) is 0. The van der Waals surface area contributed by atoms with E-state index in [4.69, 9.17) is 0 Å². The molecule has 2 aromatic heterocycles. The SMILES string of the molecule is CCCn1c(SCc2nc3ccccc3n2C(F)F)n[nH]c1=O. The molecule has 0 aliphatic heterocycles. The molecular weight excluding hydrogens is 324 g/mol. The normalized spacial score (nSPS) is 11.7. The fourth-order valence-electron chi connectivity index (χ4n) is 2.38. The molecule has 23 heavy (non-hydrogen) atoms. The van der Waals surface area contributed by atoms with E-state index in [1.165, 1.54) is 16.3 Å². The van der Waals surface area contributed by atoms with Gasteiger partial charge in [-0.1, -0.05) is 30.8 Å². The number of aromatic nitrogens is 5. The first-order chi connectivity index (χ1) is 11.1. The molecule has 0 aliphatic rings. The van der Waals surface area contributed by atoms with E-state index in [2.05, 4.69) is 15.2 Å². The summed E-state index contributed by atoms with van der Waals surface area (Å²) in [5, 5.41) is 6.80. The summed E-state index contributed by atoms with van der Waals surface area (Å²) in [6, 6.07) is 6.77. The highest BCUT2D eigenvalue weighted by atomic mass is 32.2. The van der Waals surface area contributed by atoms with Crippen molar-refractivity contribution in [3.8, 4) is 0 Å². The van der Waals surface area contributed by atoms with Gasteiger partial charge in [-0.3, -0.25) is 9.13 Å². The zero-order chi connectivity index (χ0) is 16.4. The summed E-state index contributed by atoms with van der Waals surface area (Å²) in [5.41, 5.74) is 0.624. The van der Waals surface area contributed by atoms with Crippen LogP contribution < -0.4 is 5.69 Å². The van der Waals surface area contributed by atoms with Crippen molar-refractivity contribution in [3.05, 3.63) is 40.6 Å². The highest BCUT2D eigenvalue weighted by Crippen LogP contribution is 2.27. The van der Waals surface area contributed by atoms with Gasteiger partial charge in [0, 0.05) is 6.54 Å². The quantitative estimate of drug-likeness (QED) is 0.701. The van der Waals surface area contributed by atoms with Gasteiger partial charge in [0.05, 0.1) is 16.8 Å². The van der Waals surface area contributed by atoms with Crippen LogP contribution in [-0.4, -0.2) is 24.3 Å². The van der Waals surface area contributed by atoms with Crippen molar-refractivity contribution in [2.75, 3.05) is 0 Å². The maximum atomic E-state index is 13.4. The van der Waals surface area contributed by atoms with Gasteiger partial charge in [-0.15, -0.1) is 5.10 Å². The number of hydrogen-bond acceptors (Lipinski definition) is 4. The fourth-order valence-corrected chi connectivity index (χ4v) is 3.28. The Kier molecular flexibility index (Phi) is 4.46. The van der Waals surface area contributed by atoms with Gasteiger partial charge in [-0.05, 0) is 18.6 Å². The maximum absolute atomic E-state index is 13.4. The first kappa shape index (κ1) is 15.7. The number of benzene rings is 1. The van der Waals surface area contributed by atoms with Gasteiger partial charge in [0.1, 0.15) is 5.82 Å². The maximum Gasteiger partial charge on any atom is 0.343 e. The van der Waals surface area contributed by atoms with Gasteiger partial charge in [-0.2, -0.15) is 8.78 Å². The van der Waals surface area contributed by atoms with Gasteiger partial charge in [-0.25, -0.2) is 14.9 Å². The largest absolute Gasteiger partial charge is 0.343 e. The fraction of sp³-hybridized carbons (Fsp3) is 0.357. The first-order valence-corrected chi connectivity index (χ1v) is 8.12. The molecule has 0 unspecified atom stereocenters. The van der Waals surface area contributed by atoms with Crippen molar-refractivity contribution >= 4 is 22.8 Å². The molecule has 0 fully saturated rings. The average molecular weight is 339 g/mol. The zero-order valence-electron chi connectivity index (χ0n) is 12.4. The van der Waals surface area contributed by atoms with Crippen LogP contribution in [0.15, 0.2) is 34.2 Å². The van der Waals surface area contributed by atoms with Gasteiger partial charge in [0.25, 0.3) is 0 Å². The summed E-state index contributed by atoms with van der Waals surface area (Å²) in [6.07, 6.45) is 0.780. The van der Waals surface area contributed by atoms with Crippen molar-refractivity contribution in [1.29, 1.82) is 0 Å². The molecule has 1 N–H and O–H groups in total. The second-order valence-electron chi connectivity index (χ2n) is 4.92. The van der Waals surface area contributed by atoms with E-state index in [0.717, 1.165) is 11.0 Å². The Bertz CT molecular complexity index is 870. The molecule has 0 saturated carbocycles. The number of nitrogens with one attached hydrogen (secondary N) is 1. The first-order valence-electron chi connectivity index (χ1n) is 7.13. The molecule has 9 heteroatoms. The lowest BCUT2D eigenvalue weighted by Crippen LogP contribution is -2.17. The zero-order valence-corrected chi connectivity index (χ0v) is 13.2. The molecule has 2 heterocycles. The van der Waals surface area contributed by atoms with Crippen LogP contribution in [0.25, 0.3) is 11.0 Å². The van der Waals surface area contributed by atoms with Crippen molar-refractivity contribution in [2.45, 2.75) is 37.3 Å². The van der Waals surface area contributed by atoms with Crippen molar-refractivity contribution in [1.82, 2.24) is 24.3 Å². The van der Waals surface area contributed by atoms with Crippen LogP contribution in [0.5, 0.6) is 0 Å². The van der Waals surface area contributed by atoms with Gasteiger partial charge >= 0.3 is 12.2 Å². The number of H-pyrrole nitrogens is 1. The molecule has 0 atom stereocenters. The Morgan fingerprint density at radius 2 is 2.13 bits per heavy atom. The number of fused-ring (bicyclic) bond motifs is 1. The summed E-state index contributed by atoms with van der Waals surface area (Å²) < 4.78 is 29.1. The van der Waals surface area contributed by atoms with Crippen LogP contribution in [0.2, 0.25) is 0 Å². The molecule has 6 nitrogen and oxygen atoms in total. The number of thioether (sulfide) groups is 1. The van der Waals surface area contributed by atoms with E-state index in [9.17, 15) is 13.6 Å². The minimum atomic E-state index is -2.67. The molecule has 0 saturated heterocycles. The van der Waals surface area contributed by atoms with Crippen LogP contribution in [0.4, 0.5) is 8.78 Å². The smallest absolute Gasteiger partial charge is 0.270 e. The molecule has 3 rings (SSSR count). The molecule has 3 aromatic rings. The monoisotopic (exact) mass is 339 g/mol. The molecule has 122 valence electrons. The van der Waals surface area contributed by atoms with Gasteiger partial charge < -0.3 is 0 Å². The van der Waals surface area contributed by atoms with Crippen molar-refractivity contribution in [2.24, 2.45) is 0 Å². The molecule has 0 radical (unpaired) electrons. The van der Waals surface area contributed by atoms with E-state index in [1.54, 1.807) is 24.3 Å². The van der Waals surface area contributed by atoms with E-state index >= 15 is 0 Å². The number of nitrogens with zero attached hydrogens (tertiary/aromatic N) is 4. The molecular formula is C14H15F2N5OS. The predicted molar refractivity (Wildman–Crippen MR) is 83.7 cm³/mol. The standard InChI is InChI=1S/C14H15F2N5OS/c1-2-7-20-13(22)18-19-14(20)23-8-11-17-9-5-3-4-6-10(9)21(11)12(15)16/h3-6,12H,2,7-8H2,1H3,(H,18,22). The Morgan fingerprint density at radius 1 is 1.35 bits per heavy atom. The minimum absolute atomic E-state index is 0.201. The number of imidazole rings is 1. The summed E-state index contributed by atoms with van der Waals surface area (Å²) in [4.78, 5) is 15.9. The van der Waals surface area contributed by atoms with E-state index in [0.29, 0.717) is 22.7 Å². The van der Waals surface area contributed by atoms with Crippen molar-refractivity contribution < 1.29 is 8.78 Å². The third kappa shape index (κ3) is 3.00. The van der Waals surface area contributed by atoms with Crippen LogP contribution >= 0.6 is 11.8 Å². The Hall–Kier alpha value is -2.16. The number of hydrogen-bond donors (Lipinski definition) is 1. The van der Waals surface area contributed by atoms with Crippen LogP contribution in [0.3, 0.4) is 0 Å². The summed E-state index contributed by atoms with van der Waals surface area (Å²) >= 11 is 1.21. The Morgan fingerprint density at radius 3 is 2.87 bits per heavy atom. The lowest BCUT2D eigenvalue weighted by atomic mass is 10.3. The average Bonchev–Trinajstić information content (AvgIpc) is 3.07. The van der Waals surface area contributed by atoms with Gasteiger partial charge in [0.2, 0.25) is 0 Å². The lowest BCUT2D eigenvalue weighted by molar-refractivity contribution is 0.0722. The number of alkyl halides is 2. The van der Waals surface area contributed by atoms with Crippen LogP contribution in [0.1, 0.15) is 25.7 Å². The molecule has 0 spiro atoms. The Balaban J connectivity index is 1.90. The highest BCUT2D eigenvalue weighted by molar-refractivity contribution is 7.98.